The van der Waals surface area contributed by atoms with E-state index in [9.17, 15) is 58.2 Å². The fraction of sp³-hybridized carbons (Fsp3) is 0.500. The summed E-state index contributed by atoms with van der Waals surface area (Å²) >= 11 is 0. The van der Waals surface area contributed by atoms with Gasteiger partial charge in [-0.15, -0.1) is 0 Å². The van der Waals surface area contributed by atoms with Crippen LogP contribution in [-0.2, 0) is 38.4 Å². The van der Waals surface area contributed by atoms with Gasteiger partial charge in [0.2, 0.25) is 47.0 Å². The summed E-state index contributed by atoms with van der Waals surface area (Å²) in [5, 5.41) is 60.4. The van der Waals surface area contributed by atoms with Crippen LogP contribution in [0.4, 0.5) is 11.4 Å². The monoisotopic (exact) mass is 954 g/mol. The van der Waals surface area contributed by atoms with Gasteiger partial charge >= 0.3 is 11.9 Å². The molecule has 0 aliphatic heterocycles. The lowest BCUT2D eigenvalue weighted by Crippen LogP contribution is -2.55. The van der Waals surface area contributed by atoms with Crippen LogP contribution in [0.3, 0.4) is 0 Å². The number of benzene rings is 2. The molecule has 16 N–H and O–H groups in total. The molecule has 3 rings (SSSR count). The van der Waals surface area contributed by atoms with Gasteiger partial charge in [-0.25, -0.2) is 0 Å². The van der Waals surface area contributed by atoms with E-state index in [4.69, 9.17) is 21.7 Å². The fourth-order valence-corrected chi connectivity index (χ4v) is 7.00. The number of ketones is 2. The van der Waals surface area contributed by atoms with Crippen LogP contribution < -0.4 is 54.0 Å². The van der Waals surface area contributed by atoms with E-state index < -0.39 is 131 Å². The highest BCUT2D eigenvalue weighted by atomic mass is 16.4. The Morgan fingerprint density at radius 1 is 0.485 bits per heavy atom. The number of carbonyl (C=O) groups excluding carboxylic acids is 8. The van der Waals surface area contributed by atoms with Gasteiger partial charge in [-0.05, 0) is 62.8 Å². The van der Waals surface area contributed by atoms with E-state index in [1.54, 1.807) is 0 Å². The van der Waals surface area contributed by atoms with E-state index >= 15 is 0 Å². The average molecular weight is 955 g/mol. The Balaban J connectivity index is 1.74. The summed E-state index contributed by atoms with van der Waals surface area (Å²) in [4.78, 5) is 127. The predicted molar refractivity (Wildman–Crippen MR) is 245 cm³/mol. The molecule has 0 bridgehead atoms. The summed E-state index contributed by atoms with van der Waals surface area (Å²) in [6, 6.07) is -2.16. The number of carbonyl (C=O) groups is 10. The molecule has 0 heterocycles. The normalized spacial score (nSPS) is 14.4. The quantitative estimate of drug-likeness (QED) is 0.0325. The van der Waals surface area contributed by atoms with Gasteiger partial charge in [0.25, 0.3) is 0 Å². The number of phenolic OH excluding ortho intramolecular Hbond substituents is 2. The number of phenols is 2. The first-order valence-corrected chi connectivity index (χ1v) is 21.8. The van der Waals surface area contributed by atoms with E-state index in [2.05, 4.69) is 42.5 Å². The number of rotatable bonds is 26. The molecular formula is C44H62N10O14. The highest BCUT2D eigenvalue weighted by Gasteiger charge is 2.38. The third-order valence-corrected chi connectivity index (χ3v) is 10.4. The minimum absolute atomic E-state index is 0.0227. The lowest BCUT2D eigenvalue weighted by Gasteiger charge is -2.25. The van der Waals surface area contributed by atoms with Crippen LogP contribution in [0.5, 0.6) is 11.5 Å². The van der Waals surface area contributed by atoms with Gasteiger partial charge in [0.1, 0.15) is 35.7 Å². The van der Waals surface area contributed by atoms with Crippen molar-refractivity contribution in [1.29, 1.82) is 0 Å². The molecule has 2 aromatic carbocycles. The van der Waals surface area contributed by atoms with Crippen LogP contribution in [-0.4, -0.2) is 142 Å². The largest absolute Gasteiger partial charge is 0.507 e. The molecule has 0 saturated carbocycles. The lowest BCUT2D eigenvalue weighted by atomic mass is 9.81. The molecule has 6 amide bonds. The van der Waals surface area contributed by atoms with Crippen LogP contribution >= 0.6 is 0 Å². The Kier molecular flexibility index (Phi) is 20.2. The average Bonchev–Trinajstić information content (AvgIpc) is 3.24. The van der Waals surface area contributed by atoms with Crippen molar-refractivity contribution < 1.29 is 68.4 Å². The number of hydrogen-bond acceptors (Lipinski definition) is 16. The summed E-state index contributed by atoms with van der Waals surface area (Å²) in [5.74, 6) is -9.82. The molecule has 1 aliphatic rings. The summed E-state index contributed by atoms with van der Waals surface area (Å²) in [5.41, 5.74) is 10.2. The number of carboxylic acids is 2. The topological polar surface area (TPSA) is 400 Å². The Morgan fingerprint density at radius 2 is 0.824 bits per heavy atom. The third-order valence-electron chi connectivity index (χ3n) is 10.4. The number of nitrogens with one attached hydrogen (secondary N) is 8. The molecule has 0 radical (unpaired) electrons. The summed E-state index contributed by atoms with van der Waals surface area (Å²) in [6.07, 6.45) is -0.911. The Morgan fingerprint density at radius 3 is 1.13 bits per heavy atom. The number of aliphatic carboxylic acids is 2. The first-order chi connectivity index (χ1) is 31.8. The summed E-state index contributed by atoms with van der Waals surface area (Å²) in [7, 11) is 0. The van der Waals surface area contributed by atoms with Crippen LogP contribution in [0, 0.1) is 11.8 Å². The number of carboxylic acid groups (broad SMARTS) is 2. The molecule has 0 fully saturated rings. The minimum atomic E-state index is -1.40. The van der Waals surface area contributed by atoms with Gasteiger partial charge in [0, 0.05) is 37.6 Å². The zero-order chi connectivity index (χ0) is 51.2. The minimum Gasteiger partial charge on any atom is -0.507 e. The zero-order valence-corrected chi connectivity index (χ0v) is 38.6. The van der Waals surface area contributed by atoms with Crippen molar-refractivity contribution in [3.05, 3.63) is 46.5 Å². The third kappa shape index (κ3) is 15.4. The predicted octanol–water partition coefficient (Wildman–Crippen LogP) is -1.40. The molecule has 0 spiro atoms. The molecule has 24 nitrogen and oxygen atoms in total. The van der Waals surface area contributed by atoms with Crippen LogP contribution in [0.1, 0.15) is 99.1 Å². The number of amides is 6. The summed E-state index contributed by atoms with van der Waals surface area (Å²) in [6.45, 7) is 9.80. The molecule has 68 heavy (non-hydrogen) atoms. The highest BCUT2D eigenvalue weighted by molar-refractivity contribution is 6.33. The number of fused-ring (bicyclic) bond motifs is 2. The van der Waals surface area contributed by atoms with Gasteiger partial charge in [-0.1, -0.05) is 27.7 Å². The second-order valence-corrected chi connectivity index (χ2v) is 17.1. The fourth-order valence-electron chi connectivity index (χ4n) is 7.00. The Labute approximate surface area is 391 Å². The molecular weight excluding hydrogens is 893 g/mol. The first-order valence-electron chi connectivity index (χ1n) is 21.8. The zero-order valence-electron chi connectivity index (χ0n) is 38.6. The van der Waals surface area contributed by atoms with E-state index in [1.165, 1.54) is 26.0 Å². The SMILES string of the molecule is CC(C)C[C@H](NC(=O)[C@H](C)NC(=O)[C@@H](N)CC(=O)O)C(=O)NCCNc1ccc(NCCNC(=O)[C@H](CC(C)C)NC(=O)[C@H](C)NC(=O)[C@@H](N)CC(=O)O)c2c1C(=O)c1c(O)ccc(O)c1C2=O. The number of aromatic hydroxyl groups is 2. The van der Waals surface area contributed by atoms with Crippen LogP contribution in [0.2, 0.25) is 0 Å². The van der Waals surface area contributed by atoms with E-state index in [0.717, 1.165) is 12.1 Å². The number of anilines is 2. The van der Waals surface area contributed by atoms with E-state index in [1.807, 2.05) is 27.7 Å². The van der Waals surface area contributed by atoms with Crippen molar-refractivity contribution in [2.45, 2.75) is 103 Å². The maximum Gasteiger partial charge on any atom is 0.305 e. The van der Waals surface area contributed by atoms with Gasteiger partial charge in [0.15, 0.2) is 0 Å². The van der Waals surface area contributed by atoms with Crippen LogP contribution in [0.25, 0.3) is 0 Å². The molecule has 372 valence electrons. The standard InChI is InChI=1S/C44H62N10O14/c1-19(2)15-27(53-39(63)21(5)51-41(65)23(45)17-31(57)58)43(67)49-13-11-47-25-7-8-26(34-33(25)37(61)35-29(55)9-10-30(56)36(35)38(34)62)48-12-14-50-44(68)28(16-20(3)4)54-40(64)22(6)52-42(66)24(46)18-32(59)60/h7-10,19-24,27-28,47-48,55-56H,11-18,45-46H2,1-6H3,(H,49,67)(H,50,68)(H,51,65)(H,52,66)(H,53,63)(H,54,64)(H,57,58)(H,59,60)/t21-,22-,23-,24-,27-,28-/m0/s1. The van der Waals surface area contributed by atoms with Crippen molar-refractivity contribution in [2.24, 2.45) is 23.3 Å². The Bertz CT molecular complexity index is 2110. The molecule has 2 aromatic rings. The second-order valence-electron chi connectivity index (χ2n) is 17.1. The van der Waals surface area contributed by atoms with Gasteiger partial charge in [-0.2, -0.15) is 0 Å². The lowest BCUT2D eigenvalue weighted by molar-refractivity contribution is -0.140. The molecule has 24 heteroatoms. The molecule has 0 unspecified atom stereocenters. The second kappa shape index (κ2) is 25.0. The summed E-state index contributed by atoms with van der Waals surface area (Å²) < 4.78 is 0. The number of nitrogens with two attached hydrogens (primary N) is 2. The Hall–Kier alpha value is -7.34. The van der Waals surface area contributed by atoms with Gasteiger partial charge in [-0.3, -0.25) is 47.9 Å². The van der Waals surface area contributed by atoms with Crippen molar-refractivity contribution >= 4 is 70.3 Å². The highest BCUT2D eigenvalue weighted by Crippen LogP contribution is 2.42. The maximum absolute atomic E-state index is 14.1. The van der Waals surface area contributed by atoms with Crippen molar-refractivity contribution in [3.8, 4) is 11.5 Å². The van der Waals surface area contributed by atoms with Gasteiger partial charge in [0.05, 0.1) is 47.2 Å². The van der Waals surface area contributed by atoms with Crippen molar-refractivity contribution in [2.75, 3.05) is 36.8 Å². The van der Waals surface area contributed by atoms with E-state index in [-0.39, 0.29) is 73.4 Å². The maximum atomic E-state index is 14.1. The van der Waals surface area contributed by atoms with Crippen molar-refractivity contribution in [1.82, 2.24) is 31.9 Å². The smallest absolute Gasteiger partial charge is 0.305 e. The van der Waals surface area contributed by atoms with Gasteiger partial charge < -0.3 is 74.4 Å². The molecule has 0 aromatic heterocycles. The molecule has 6 atom stereocenters. The first kappa shape index (κ1) is 55.0. The molecule has 0 saturated heterocycles. The molecule has 1 aliphatic carbocycles. The van der Waals surface area contributed by atoms with Crippen LogP contribution in [0.15, 0.2) is 24.3 Å². The number of hydrogen-bond donors (Lipinski definition) is 14. The van der Waals surface area contributed by atoms with E-state index in [0.29, 0.717) is 0 Å². The van der Waals surface area contributed by atoms with Crippen molar-refractivity contribution in [3.63, 3.8) is 0 Å².